The molecular weight excluding hydrogens is 226 g/mol. The third-order valence-corrected chi connectivity index (χ3v) is 3.89. The van der Waals surface area contributed by atoms with Crippen LogP contribution in [0, 0.1) is 17.2 Å². The summed E-state index contributed by atoms with van der Waals surface area (Å²) >= 11 is 0. The second-order valence-corrected chi connectivity index (χ2v) is 5.75. The van der Waals surface area contributed by atoms with Crippen LogP contribution < -0.4 is 5.32 Å². The van der Waals surface area contributed by atoms with Crippen LogP contribution in [0.15, 0.2) is 0 Å². The van der Waals surface area contributed by atoms with Crippen molar-refractivity contribution in [3.8, 4) is 6.07 Å². The third-order valence-electron chi connectivity index (χ3n) is 3.89. The van der Waals surface area contributed by atoms with Crippen molar-refractivity contribution in [1.82, 2.24) is 10.2 Å². The molecule has 2 atom stereocenters. The van der Waals surface area contributed by atoms with Crippen LogP contribution in [0.5, 0.6) is 0 Å². The maximum atomic E-state index is 9.14. The second-order valence-electron chi connectivity index (χ2n) is 5.75. The molecule has 0 aromatic rings. The Balaban J connectivity index is 2.18. The molecule has 0 heterocycles. The minimum Gasteiger partial charge on any atom is -0.380 e. The Morgan fingerprint density at radius 2 is 2.22 bits per heavy atom. The Hall–Kier alpha value is -0.630. The number of hydrogen-bond acceptors (Lipinski definition) is 4. The van der Waals surface area contributed by atoms with E-state index in [-0.39, 0.29) is 0 Å². The zero-order valence-corrected chi connectivity index (χ0v) is 12.2. The molecule has 1 fully saturated rings. The number of nitriles is 1. The average Bonchev–Trinajstić information content (AvgIpc) is 3.18. The molecule has 0 aromatic heterocycles. The molecule has 0 bridgehead atoms. The van der Waals surface area contributed by atoms with Gasteiger partial charge in [-0.15, -0.1) is 0 Å². The van der Waals surface area contributed by atoms with Crippen LogP contribution >= 0.6 is 0 Å². The van der Waals surface area contributed by atoms with Gasteiger partial charge in [-0.2, -0.15) is 5.26 Å². The fourth-order valence-electron chi connectivity index (χ4n) is 1.91. The van der Waals surface area contributed by atoms with Gasteiger partial charge in [-0.3, -0.25) is 0 Å². The highest BCUT2D eigenvalue weighted by Crippen LogP contribution is 2.28. The Morgan fingerprint density at radius 3 is 2.72 bits per heavy atom. The largest absolute Gasteiger partial charge is 0.380 e. The van der Waals surface area contributed by atoms with Crippen molar-refractivity contribution in [2.24, 2.45) is 5.92 Å². The van der Waals surface area contributed by atoms with E-state index in [1.165, 1.54) is 12.8 Å². The summed E-state index contributed by atoms with van der Waals surface area (Å²) in [6, 6.07) is 2.70. The highest BCUT2D eigenvalue weighted by atomic mass is 16.5. The van der Waals surface area contributed by atoms with Crippen molar-refractivity contribution in [1.29, 1.82) is 5.26 Å². The van der Waals surface area contributed by atoms with Crippen molar-refractivity contribution in [2.75, 3.05) is 33.9 Å². The van der Waals surface area contributed by atoms with Crippen molar-refractivity contribution in [2.45, 2.75) is 44.7 Å². The first kappa shape index (κ1) is 15.4. The van der Waals surface area contributed by atoms with Crippen LogP contribution in [0.25, 0.3) is 0 Å². The number of ether oxygens (including phenoxy) is 1. The molecule has 0 radical (unpaired) electrons. The molecule has 0 aliphatic heterocycles. The molecule has 1 saturated carbocycles. The first-order valence-electron chi connectivity index (χ1n) is 6.89. The van der Waals surface area contributed by atoms with Crippen LogP contribution in [0.1, 0.15) is 33.1 Å². The quantitative estimate of drug-likeness (QED) is 0.634. The van der Waals surface area contributed by atoms with Gasteiger partial charge in [-0.05, 0) is 53.1 Å². The molecule has 0 aromatic carbocycles. The Labute approximate surface area is 111 Å². The van der Waals surface area contributed by atoms with E-state index in [1.807, 2.05) is 14.0 Å². The lowest BCUT2D eigenvalue weighted by Crippen LogP contribution is -2.45. The third kappa shape index (κ3) is 5.34. The van der Waals surface area contributed by atoms with Gasteiger partial charge in [-0.1, -0.05) is 0 Å². The highest BCUT2D eigenvalue weighted by Gasteiger charge is 2.26. The molecule has 1 aliphatic carbocycles. The van der Waals surface area contributed by atoms with Gasteiger partial charge in [0.25, 0.3) is 0 Å². The molecule has 1 rings (SSSR count). The summed E-state index contributed by atoms with van der Waals surface area (Å²) in [6.07, 6.45) is 3.50. The van der Waals surface area contributed by atoms with Gasteiger partial charge in [0.1, 0.15) is 5.54 Å². The zero-order chi connectivity index (χ0) is 13.6. The molecule has 2 unspecified atom stereocenters. The summed E-state index contributed by atoms with van der Waals surface area (Å²) in [5, 5.41) is 12.2. The van der Waals surface area contributed by atoms with Crippen molar-refractivity contribution in [3.63, 3.8) is 0 Å². The minimum atomic E-state index is -0.442. The summed E-state index contributed by atoms with van der Waals surface area (Å²) in [5.74, 6) is 0.832. The lowest BCUT2D eigenvalue weighted by molar-refractivity contribution is 0.0894. The average molecular weight is 253 g/mol. The van der Waals surface area contributed by atoms with Crippen LogP contribution in [0.2, 0.25) is 0 Å². The van der Waals surface area contributed by atoms with E-state index in [9.17, 15) is 0 Å². The summed E-state index contributed by atoms with van der Waals surface area (Å²) in [6.45, 7) is 6.75. The van der Waals surface area contributed by atoms with E-state index in [0.717, 1.165) is 32.1 Å². The first-order valence-corrected chi connectivity index (χ1v) is 6.89. The predicted octanol–water partition coefficient (Wildman–Crippen LogP) is 1.63. The number of hydrogen-bond donors (Lipinski definition) is 1. The predicted molar refractivity (Wildman–Crippen MR) is 73.3 cm³/mol. The van der Waals surface area contributed by atoms with Crippen molar-refractivity contribution < 1.29 is 4.74 Å². The number of nitrogens with zero attached hydrogens (tertiary/aromatic N) is 2. The van der Waals surface area contributed by atoms with E-state index in [4.69, 9.17) is 10.00 Å². The number of likely N-dealkylation sites (N-methyl/N-ethyl adjacent to an activating group) is 1. The molecule has 4 heteroatoms. The number of rotatable bonds is 9. The fourth-order valence-corrected chi connectivity index (χ4v) is 1.91. The lowest BCUT2D eigenvalue weighted by Gasteiger charge is -2.30. The summed E-state index contributed by atoms with van der Waals surface area (Å²) in [7, 11) is 3.94. The van der Waals surface area contributed by atoms with Crippen molar-refractivity contribution >= 4 is 0 Å². The van der Waals surface area contributed by atoms with Gasteiger partial charge in [-0.25, -0.2) is 0 Å². The minimum absolute atomic E-state index is 0.367. The van der Waals surface area contributed by atoms with E-state index in [1.54, 1.807) is 0 Å². The van der Waals surface area contributed by atoms with Gasteiger partial charge in [0.2, 0.25) is 0 Å². The fraction of sp³-hybridized carbons (Fsp3) is 0.929. The topological polar surface area (TPSA) is 48.3 Å². The van der Waals surface area contributed by atoms with Crippen LogP contribution in [-0.4, -0.2) is 50.3 Å². The van der Waals surface area contributed by atoms with Gasteiger partial charge >= 0.3 is 0 Å². The molecule has 0 amide bonds. The van der Waals surface area contributed by atoms with E-state index in [0.29, 0.717) is 6.04 Å². The zero-order valence-electron chi connectivity index (χ0n) is 12.2. The van der Waals surface area contributed by atoms with Crippen LogP contribution in [0.4, 0.5) is 0 Å². The maximum Gasteiger partial charge on any atom is 0.105 e. The molecule has 4 nitrogen and oxygen atoms in total. The van der Waals surface area contributed by atoms with Crippen LogP contribution in [-0.2, 0) is 4.74 Å². The second kappa shape index (κ2) is 7.08. The smallest absolute Gasteiger partial charge is 0.105 e. The Bertz CT molecular complexity index is 285. The molecule has 0 saturated heterocycles. The molecule has 1 aliphatic rings. The van der Waals surface area contributed by atoms with E-state index >= 15 is 0 Å². The monoisotopic (exact) mass is 253 g/mol. The Morgan fingerprint density at radius 1 is 1.56 bits per heavy atom. The summed E-state index contributed by atoms with van der Waals surface area (Å²) < 4.78 is 5.64. The van der Waals surface area contributed by atoms with Gasteiger partial charge < -0.3 is 15.0 Å². The normalized spacial score (nSPS) is 20.4. The molecule has 0 spiro atoms. The maximum absolute atomic E-state index is 9.14. The SMILES string of the molecule is CNC(C)(C#N)CC(C)N(C)CCOCC1CC1. The molecule has 104 valence electrons. The molecule has 18 heavy (non-hydrogen) atoms. The van der Waals surface area contributed by atoms with E-state index < -0.39 is 5.54 Å². The first-order chi connectivity index (χ1) is 8.50. The number of nitrogens with one attached hydrogen (secondary N) is 1. The van der Waals surface area contributed by atoms with Gasteiger partial charge in [0.15, 0.2) is 0 Å². The molecule has 1 N–H and O–H groups in total. The molecular formula is C14H27N3O. The highest BCUT2D eigenvalue weighted by molar-refractivity contribution is 5.04. The summed E-state index contributed by atoms with van der Waals surface area (Å²) in [5.41, 5.74) is -0.442. The summed E-state index contributed by atoms with van der Waals surface area (Å²) in [4.78, 5) is 2.26. The van der Waals surface area contributed by atoms with Crippen molar-refractivity contribution in [3.05, 3.63) is 0 Å². The lowest BCUT2D eigenvalue weighted by atomic mass is 9.95. The van der Waals surface area contributed by atoms with Crippen LogP contribution in [0.3, 0.4) is 0 Å². The van der Waals surface area contributed by atoms with E-state index in [2.05, 4.69) is 30.3 Å². The standard InChI is InChI=1S/C14H27N3O/c1-12(9-14(2,11-15)16-3)17(4)7-8-18-10-13-5-6-13/h12-13,16H,5-10H2,1-4H3. The Kier molecular flexibility index (Phi) is 6.07. The van der Waals surface area contributed by atoms with Gasteiger partial charge in [0, 0.05) is 19.2 Å². The van der Waals surface area contributed by atoms with Gasteiger partial charge in [0.05, 0.1) is 12.7 Å².